The van der Waals surface area contributed by atoms with Crippen LogP contribution in [0.5, 0.6) is 5.75 Å². The maximum atomic E-state index is 11.8. The molecule has 1 aromatic carbocycles. The minimum Gasteiger partial charge on any atom is -0.482 e. The fourth-order valence-electron chi connectivity index (χ4n) is 1.81. The Morgan fingerprint density at radius 3 is 2.90 bits per heavy atom. The fraction of sp³-hybridized carbons (Fsp3) is 0.500. The third-order valence-corrected chi connectivity index (χ3v) is 3.26. The summed E-state index contributed by atoms with van der Waals surface area (Å²) in [6, 6.07) is 5.70. The van der Waals surface area contributed by atoms with E-state index >= 15 is 0 Å². The van der Waals surface area contributed by atoms with Gasteiger partial charge in [0.1, 0.15) is 5.75 Å². The average Bonchev–Trinajstić information content (AvgIpc) is 2.38. The van der Waals surface area contributed by atoms with Gasteiger partial charge in [-0.05, 0) is 47.4 Å². The van der Waals surface area contributed by atoms with Crippen LogP contribution in [0.25, 0.3) is 0 Å². The third kappa shape index (κ3) is 5.48. The molecule has 1 unspecified atom stereocenters. The van der Waals surface area contributed by atoms with E-state index in [1.54, 1.807) is 7.11 Å². The van der Waals surface area contributed by atoms with Crippen LogP contribution in [-0.2, 0) is 16.0 Å². The monoisotopic (exact) mass is 344 g/mol. The number of benzene rings is 1. The molecule has 0 saturated carbocycles. The molecule has 1 amide bonds. The number of nitrogens with two attached hydrogens (primary N) is 1. The largest absolute Gasteiger partial charge is 0.482 e. The summed E-state index contributed by atoms with van der Waals surface area (Å²) >= 11 is 3.43. The zero-order chi connectivity index (χ0) is 15.0. The molecule has 0 spiro atoms. The molecule has 1 aromatic rings. The molecule has 0 aliphatic heterocycles. The van der Waals surface area contributed by atoms with Crippen LogP contribution in [0.1, 0.15) is 12.5 Å². The average molecular weight is 345 g/mol. The third-order valence-electron chi connectivity index (χ3n) is 2.63. The normalized spacial score (nSPS) is 12.0. The molecule has 6 heteroatoms. The second kappa shape index (κ2) is 8.94. The van der Waals surface area contributed by atoms with Crippen molar-refractivity contribution >= 4 is 21.8 Å². The van der Waals surface area contributed by atoms with Crippen LogP contribution < -0.4 is 15.8 Å². The van der Waals surface area contributed by atoms with Crippen molar-refractivity contribution in [1.82, 2.24) is 5.32 Å². The Hall–Kier alpha value is -1.11. The Labute approximate surface area is 127 Å². The van der Waals surface area contributed by atoms with Gasteiger partial charge in [-0.15, -0.1) is 0 Å². The lowest BCUT2D eigenvalue weighted by molar-refractivity contribution is -0.124. The predicted molar refractivity (Wildman–Crippen MR) is 81.9 cm³/mol. The lowest BCUT2D eigenvalue weighted by Crippen LogP contribution is -2.38. The Morgan fingerprint density at radius 2 is 2.25 bits per heavy atom. The van der Waals surface area contributed by atoms with Gasteiger partial charge in [-0.1, -0.05) is 12.1 Å². The van der Waals surface area contributed by atoms with Crippen molar-refractivity contribution in [2.24, 2.45) is 5.73 Å². The summed E-state index contributed by atoms with van der Waals surface area (Å²) in [6.07, 6.45) is 0.705. The molecule has 0 aliphatic rings. The summed E-state index contributed by atoms with van der Waals surface area (Å²) in [5, 5.41) is 2.79. The number of halogens is 1. The summed E-state index contributed by atoms with van der Waals surface area (Å²) in [4.78, 5) is 11.8. The van der Waals surface area contributed by atoms with Gasteiger partial charge in [0.2, 0.25) is 0 Å². The maximum absolute atomic E-state index is 11.8. The number of carbonyl (C=O) groups excluding carboxylic acids is 1. The first-order chi connectivity index (χ1) is 9.58. The highest BCUT2D eigenvalue weighted by Gasteiger charge is 2.11. The van der Waals surface area contributed by atoms with Crippen molar-refractivity contribution in [2.45, 2.75) is 19.4 Å². The van der Waals surface area contributed by atoms with Crippen LogP contribution in [0.3, 0.4) is 0 Å². The van der Waals surface area contributed by atoms with E-state index in [-0.39, 0.29) is 18.6 Å². The standard InChI is InChI=1S/C14H21BrN2O3/c1-10(8-19-2)17-13(18)9-20-14-11(6-7-16)4-3-5-12(14)15/h3-5,10H,6-9,16H2,1-2H3,(H,17,18). The topological polar surface area (TPSA) is 73.6 Å². The van der Waals surface area contributed by atoms with E-state index in [4.69, 9.17) is 15.2 Å². The van der Waals surface area contributed by atoms with Crippen LogP contribution in [0.2, 0.25) is 0 Å². The number of nitrogens with one attached hydrogen (secondary N) is 1. The summed E-state index contributed by atoms with van der Waals surface area (Å²) < 4.78 is 11.4. The second-order valence-corrected chi connectivity index (χ2v) is 5.33. The molecule has 0 heterocycles. The van der Waals surface area contributed by atoms with E-state index in [1.165, 1.54) is 0 Å². The second-order valence-electron chi connectivity index (χ2n) is 4.48. The van der Waals surface area contributed by atoms with E-state index < -0.39 is 0 Å². The van der Waals surface area contributed by atoms with Crippen molar-refractivity contribution in [3.8, 4) is 5.75 Å². The maximum Gasteiger partial charge on any atom is 0.258 e. The molecule has 0 fully saturated rings. The number of hydrogen-bond acceptors (Lipinski definition) is 4. The van der Waals surface area contributed by atoms with E-state index in [1.807, 2.05) is 25.1 Å². The van der Waals surface area contributed by atoms with Crippen molar-refractivity contribution < 1.29 is 14.3 Å². The highest BCUT2D eigenvalue weighted by Crippen LogP contribution is 2.29. The van der Waals surface area contributed by atoms with Crippen molar-refractivity contribution in [2.75, 3.05) is 26.9 Å². The predicted octanol–water partition coefficient (Wildman–Crippen LogP) is 1.48. The van der Waals surface area contributed by atoms with Gasteiger partial charge in [0.25, 0.3) is 5.91 Å². The highest BCUT2D eigenvalue weighted by atomic mass is 79.9. The van der Waals surface area contributed by atoms with Crippen LogP contribution in [0.4, 0.5) is 0 Å². The number of hydrogen-bond donors (Lipinski definition) is 2. The lowest BCUT2D eigenvalue weighted by Gasteiger charge is -2.15. The van der Waals surface area contributed by atoms with Crippen LogP contribution in [0.15, 0.2) is 22.7 Å². The first-order valence-electron chi connectivity index (χ1n) is 6.47. The van der Waals surface area contributed by atoms with E-state index in [0.29, 0.717) is 25.3 Å². The molecule has 3 N–H and O–H groups in total. The molecule has 20 heavy (non-hydrogen) atoms. The van der Waals surface area contributed by atoms with Gasteiger partial charge < -0.3 is 20.5 Å². The Bertz CT molecular complexity index is 440. The summed E-state index contributed by atoms with van der Waals surface area (Å²) in [7, 11) is 1.60. The zero-order valence-electron chi connectivity index (χ0n) is 11.8. The quantitative estimate of drug-likeness (QED) is 0.749. The first kappa shape index (κ1) is 16.9. The van der Waals surface area contributed by atoms with Gasteiger partial charge >= 0.3 is 0 Å². The van der Waals surface area contributed by atoms with E-state index in [9.17, 15) is 4.79 Å². The van der Waals surface area contributed by atoms with Gasteiger partial charge in [-0.3, -0.25) is 4.79 Å². The van der Waals surface area contributed by atoms with Crippen LogP contribution >= 0.6 is 15.9 Å². The number of ether oxygens (including phenoxy) is 2. The molecule has 1 atom stereocenters. The highest BCUT2D eigenvalue weighted by molar-refractivity contribution is 9.10. The molecule has 0 bridgehead atoms. The van der Waals surface area contributed by atoms with Gasteiger partial charge in [0, 0.05) is 13.2 Å². The van der Waals surface area contributed by atoms with Gasteiger partial charge in [-0.2, -0.15) is 0 Å². The van der Waals surface area contributed by atoms with Crippen LogP contribution in [0, 0.1) is 0 Å². The van der Waals surface area contributed by atoms with E-state index in [2.05, 4.69) is 21.2 Å². The number of carbonyl (C=O) groups is 1. The van der Waals surface area contributed by atoms with Crippen LogP contribution in [-0.4, -0.2) is 38.8 Å². The van der Waals surface area contributed by atoms with Gasteiger partial charge in [0.15, 0.2) is 6.61 Å². The van der Waals surface area contributed by atoms with Gasteiger partial charge in [-0.25, -0.2) is 0 Å². The number of amides is 1. The van der Waals surface area contributed by atoms with Crippen molar-refractivity contribution in [1.29, 1.82) is 0 Å². The van der Waals surface area contributed by atoms with Crippen molar-refractivity contribution in [3.63, 3.8) is 0 Å². The number of para-hydroxylation sites is 1. The summed E-state index contributed by atoms with van der Waals surface area (Å²) in [5.74, 6) is 0.497. The Morgan fingerprint density at radius 1 is 1.50 bits per heavy atom. The van der Waals surface area contributed by atoms with Crippen molar-refractivity contribution in [3.05, 3.63) is 28.2 Å². The minimum absolute atomic E-state index is 0.0335. The molecule has 0 saturated heterocycles. The number of rotatable bonds is 8. The SMILES string of the molecule is COCC(C)NC(=O)COc1c(Br)cccc1CCN. The Kier molecular flexibility index (Phi) is 7.58. The molecule has 112 valence electrons. The van der Waals surface area contributed by atoms with Gasteiger partial charge in [0.05, 0.1) is 11.1 Å². The molecule has 1 rings (SSSR count). The first-order valence-corrected chi connectivity index (χ1v) is 7.26. The zero-order valence-corrected chi connectivity index (χ0v) is 13.4. The molecule has 0 radical (unpaired) electrons. The molecule has 0 aromatic heterocycles. The molecular weight excluding hydrogens is 324 g/mol. The molecule has 0 aliphatic carbocycles. The molecular formula is C14H21BrN2O3. The summed E-state index contributed by atoms with van der Waals surface area (Å²) in [5.41, 5.74) is 6.56. The minimum atomic E-state index is -0.177. The Balaban J connectivity index is 2.58. The lowest BCUT2D eigenvalue weighted by atomic mass is 10.1. The van der Waals surface area contributed by atoms with E-state index in [0.717, 1.165) is 10.0 Å². The number of methoxy groups -OCH3 is 1. The smallest absolute Gasteiger partial charge is 0.258 e. The molecule has 5 nitrogen and oxygen atoms in total. The summed E-state index contributed by atoms with van der Waals surface area (Å²) in [6.45, 7) is 2.84. The fourth-order valence-corrected chi connectivity index (χ4v) is 2.34.